The Kier molecular flexibility index (Phi) is 5.43. The van der Waals surface area contributed by atoms with Gasteiger partial charge in [0, 0.05) is 24.8 Å². The van der Waals surface area contributed by atoms with Gasteiger partial charge in [-0.1, -0.05) is 26.7 Å². The average Bonchev–Trinajstić information content (AvgIpc) is 3.09. The number of rotatable bonds is 7. The Labute approximate surface area is 129 Å². The molecule has 20 heavy (non-hydrogen) atoms. The SMILES string of the molecule is CCCCN1CCN(CCCC)B1n1sn1C(C)(C)C. The Balaban J connectivity index is 2.06. The number of hydrogen-bond donors (Lipinski definition) is 0. The minimum Gasteiger partial charge on any atom is -0.305 e. The van der Waals surface area contributed by atoms with Crippen LogP contribution in [0.5, 0.6) is 0 Å². The summed E-state index contributed by atoms with van der Waals surface area (Å²) in [5.41, 5.74) is 0.222. The lowest BCUT2D eigenvalue weighted by molar-refractivity contribution is 0.384. The maximum atomic E-state index is 2.66. The van der Waals surface area contributed by atoms with Crippen LogP contribution in [-0.4, -0.2) is 51.0 Å². The molecule has 1 aromatic heterocycles. The fourth-order valence-electron chi connectivity index (χ4n) is 2.79. The lowest BCUT2D eigenvalue weighted by atomic mass is 9.90. The lowest BCUT2D eigenvalue weighted by Gasteiger charge is -2.25. The van der Waals surface area contributed by atoms with Crippen LogP contribution >= 0.6 is 11.7 Å². The van der Waals surface area contributed by atoms with Crippen molar-refractivity contribution in [2.24, 2.45) is 0 Å². The van der Waals surface area contributed by atoms with Crippen molar-refractivity contribution in [3.8, 4) is 0 Å². The monoisotopic (exact) mass is 298 g/mol. The van der Waals surface area contributed by atoms with Gasteiger partial charge in [-0.25, -0.2) is 8.05 Å². The highest BCUT2D eigenvalue weighted by molar-refractivity contribution is 7.09. The minimum atomic E-state index is 0.222. The van der Waals surface area contributed by atoms with E-state index in [9.17, 15) is 0 Å². The van der Waals surface area contributed by atoms with Gasteiger partial charge in [-0.05, 0) is 46.7 Å². The summed E-state index contributed by atoms with van der Waals surface area (Å²) >= 11 is 1.90. The second-order valence-corrected chi connectivity index (χ2v) is 7.84. The quantitative estimate of drug-likeness (QED) is 0.719. The van der Waals surface area contributed by atoms with E-state index in [2.05, 4.69) is 52.3 Å². The van der Waals surface area contributed by atoms with Gasteiger partial charge in [0.1, 0.15) is 0 Å². The molecule has 0 saturated carbocycles. The van der Waals surface area contributed by atoms with Crippen LogP contribution in [0.1, 0.15) is 60.3 Å². The van der Waals surface area contributed by atoms with Gasteiger partial charge in [0.05, 0.1) is 5.54 Å². The van der Waals surface area contributed by atoms with Gasteiger partial charge in [0.25, 0.3) is 0 Å². The van der Waals surface area contributed by atoms with Crippen LogP contribution < -0.4 is 0 Å². The highest BCUT2D eigenvalue weighted by Gasteiger charge is 2.44. The molecule has 0 N–H and O–H groups in total. The first-order valence-corrected chi connectivity index (χ1v) is 8.97. The Bertz CT molecular complexity index is 374. The number of unbranched alkanes of at least 4 members (excludes halogenated alkanes) is 2. The molecule has 0 bridgehead atoms. The second kappa shape index (κ2) is 6.71. The van der Waals surface area contributed by atoms with Crippen LogP contribution in [0.15, 0.2) is 0 Å². The fraction of sp³-hybridized carbons (Fsp3) is 1.00. The third kappa shape index (κ3) is 3.71. The van der Waals surface area contributed by atoms with Gasteiger partial charge < -0.3 is 9.62 Å². The van der Waals surface area contributed by atoms with Crippen molar-refractivity contribution in [3.63, 3.8) is 0 Å². The maximum Gasteiger partial charge on any atom is 0.470 e. The fourth-order valence-corrected chi connectivity index (χ4v) is 3.84. The predicted octanol–water partition coefficient (Wildman–Crippen LogP) is 3.16. The Morgan fingerprint density at radius 1 is 0.950 bits per heavy atom. The standard InChI is InChI=1S/C14H31BN4S/c1-6-8-10-16-12-13-17(11-9-7-2)15(16)19-18(20-19)14(3,4)5/h6-13H2,1-5H3. The molecule has 116 valence electrons. The van der Waals surface area contributed by atoms with E-state index in [4.69, 9.17) is 0 Å². The molecule has 1 fully saturated rings. The van der Waals surface area contributed by atoms with Crippen molar-refractivity contribution in [2.45, 2.75) is 65.8 Å². The summed E-state index contributed by atoms with van der Waals surface area (Å²) in [4.78, 5) is 5.33. The zero-order chi connectivity index (χ0) is 14.8. The number of nitrogens with zero attached hydrogens (tertiary/aromatic N) is 4. The normalized spacial score (nSPS) is 18.6. The van der Waals surface area contributed by atoms with E-state index in [0.29, 0.717) is 7.12 Å². The molecule has 2 heterocycles. The zero-order valence-electron chi connectivity index (χ0n) is 13.9. The van der Waals surface area contributed by atoms with E-state index < -0.39 is 0 Å². The van der Waals surface area contributed by atoms with Crippen LogP contribution in [0, 0.1) is 0 Å². The van der Waals surface area contributed by atoms with E-state index >= 15 is 0 Å². The van der Waals surface area contributed by atoms with E-state index in [-0.39, 0.29) is 5.54 Å². The van der Waals surface area contributed by atoms with Gasteiger partial charge >= 0.3 is 7.12 Å². The first kappa shape index (κ1) is 16.2. The van der Waals surface area contributed by atoms with Crippen molar-refractivity contribution in [3.05, 3.63) is 0 Å². The first-order valence-electron chi connectivity index (χ1n) is 8.24. The lowest BCUT2D eigenvalue weighted by Crippen LogP contribution is -2.49. The van der Waals surface area contributed by atoms with E-state index in [0.717, 1.165) is 0 Å². The second-order valence-electron chi connectivity index (χ2n) is 6.95. The molecular weight excluding hydrogens is 267 g/mol. The van der Waals surface area contributed by atoms with Gasteiger partial charge in [-0.3, -0.25) is 0 Å². The predicted molar refractivity (Wildman–Crippen MR) is 89.4 cm³/mol. The molecule has 1 aliphatic heterocycles. The van der Waals surface area contributed by atoms with Crippen LogP contribution in [0.2, 0.25) is 0 Å². The molecule has 0 atom stereocenters. The van der Waals surface area contributed by atoms with Crippen LogP contribution in [0.4, 0.5) is 0 Å². The molecule has 4 nitrogen and oxygen atoms in total. The highest BCUT2D eigenvalue weighted by Crippen LogP contribution is 2.28. The largest absolute Gasteiger partial charge is 0.470 e. The molecule has 0 amide bonds. The summed E-state index contributed by atoms with van der Waals surface area (Å²) in [6.45, 7) is 16.4. The van der Waals surface area contributed by atoms with Crippen molar-refractivity contribution in [2.75, 3.05) is 26.2 Å². The topological polar surface area (TPSA) is 16.3 Å². The molecular formula is C14H31BN4S. The molecule has 0 radical (unpaired) electrons. The van der Waals surface area contributed by atoms with E-state index in [1.807, 2.05) is 11.7 Å². The smallest absolute Gasteiger partial charge is 0.305 e. The number of aromatic nitrogens is 2. The molecule has 0 aromatic carbocycles. The summed E-state index contributed by atoms with van der Waals surface area (Å²) in [7, 11) is 0.484. The summed E-state index contributed by atoms with van der Waals surface area (Å²) in [5.74, 6) is 0. The van der Waals surface area contributed by atoms with Crippen LogP contribution in [0.3, 0.4) is 0 Å². The molecule has 0 aliphatic carbocycles. The van der Waals surface area contributed by atoms with Gasteiger partial charge in [0.2, 0.25) is 0 Å². The third-order valence-electron chi connectivity index (χ3n) is 4.01. The summed E-state index contributed by atoms with van der Waals surface area (Å²) < 4.78 is 4.92. The van der Waals surface area contributed by atoms with Crippen molar-refractivity contribution in [1.29, 1.82) is 0 Å². The van der Waals surface area contributed by atoms with Gasteiger partial charge in [-0.15, -0.1) is 0 Å². The third-order valence-corrected chi connectivity index (χ3v) is 5.26. The zero-order valence-corrected chi connectivity index (χ0v) is 14.7. The highest BCUT2D eigenvalue weighted by atomic mass is 32.1. The van der Waals surface area contributed by atoms with Crippen molar-refractivity contribution in [1.82, 2.24) is 17.7 Å². The number of hydrogen-bond acceptors (Lipinski definition) is 3. The molecule has 1 saturated heterocycles. The maximum absolute atomic E-state index is 2.66. The Morgan fingerprint density at radius 2 is 1.45 bits per heavy atom. The average molecular weight is 298 g/mol. The first-order chi connectivity index (χ1) is 9.49. The summed E-state index contributed by atoms with van der Waals surface area (Å²) in [6, 6.07) is 0. The van der Waals surface area contributed by atoms with Crippen molar-refractivity contribution >= 4 is 18.8 Å². The molecule has 1 aliphatic rings. The molecule has 2 rings (SSSR count). The van der Waals surface area contributed by atoms with Gasteiger partial charge in [0.15, 0.2) is 0 Å². The summed E-state index contributed by atoms with van der Waals surface area (Å²) in [5, 5.41) is 0. The van der Waals surface area contributed by atoms with Crippen LogP contribution in [-0.2, 0) is 5.54 Å². The Hall–Kier alpha value is -0.195. The summed E-state index contributed by atoms with van der Waals surface area (Å²) in [6.07, 6.45) is 5.20. The molecule has 1 aromatic rings. The van der Waals surface area contributed by atoms with E-state index in [1.165, 1.54) is 51.9 Å². The molecule has 0 spiro atoms. The Morgan fingerprint density at radius 3 is 1.80 bits per heavy atom. The minimum absolute atomic E-state index is 0.222. The molecule has 6 heteroatoms. The van der Waals surface area contributed by atoms with Crippen molar-refractivity contribution < 1.29 is 0 Å². The molecule has 0 unspecified atom stereocenters. The van der Waals surface area contributed by atoms with E-state index in [1.54, 1.807) is 0 Å². The van der Waals surface area contributed by atoms with Crippen LogP contribution in [0.25, 0.3) is 0 Å². The van der Waals surface area contributed by atoms with Gasteiger partial charge in [-0.2, -0.15) is 0 Å².